The third kappa shape index (κ3) is 1.37. The van der Waals surface area contributed by atoms with E-state index in [-0.39, 0.29) is 11.0 Å². The minimum atomic E-state index is -0.355. The first-order valence-electron chi connectivity index (χ1n) is 8.09. The summed E-state index contributed by atoms with van der Waals surface area (Å²) in [6.07, 6.45) is 1.98. The molecule has 0 saturated carbocycles. The molecule has 5 aromatic rings. The van der Waals surface area contributed by atoms with Crippen LogP contribution in [0.1, 0.15) is 10.4 Å². The molecule has 1 nitrogen and oxygen atoms in total. The summed E-state index contributed by atoms with van der Waals surface area (Å²) in [5, 5.41) is 10.5. The lowest BCUT2D eigenvalue weighted by Gasteiger charge is -2.20. The molecule has 1 unspecified atom stereocenters. The van der Waals surface area contributed by atoms with E-state index in [2.05, 4.69) is 67.2 Å². The first kappa shape index (κ1) is 12.8. The molecule has 0 aromatic heterocycles. The first-order valence-corrected chi connectivity index (χ1v) is 8.61. The van der Waals surface area contributed by atoms with Crippen LogP contribution in [-0.2, 0) is 0 Å². The fourth-order valence-corrected chi connectivity index (χ4v) is 4.68. The Kier molecular flexibility index (Phi) is 2.18. The van der Waals surface area contributed by atoms with Gasteiger partial charge in [-0.25, -0.2) is 0 Å². The fourth-order valence-electron chi connectivity index (χ4n) is 4.38. The smallest absolute Gasteiger partial charge is 0.180 e. The average Bonchev–Trinajstić information content (AvgIpc) is 2.61. The van der Waals surface area contributed by atoms with Crippen LogP contribution in [0.15, 0.2) is 54.6 Å². The fraction of sp³-hybridized carbons (Fsp3) is 0.0455. The van der Waals surface area contributed by atoms with Crippen LogP contribution in [0, 0.1) is 0 Å². The van der Waals surface area contributed by atoms with Gasteiger partial charge in [-0.15, -0.1) is 0 Å². The highest BCUT2D eigenvalue weighted by atomic mass is 32.1. The molecular weight excluding hydrogens is 312 g/mol. The van der Waals surface area contributed by atoms with Gasteiger partial charge in [0.15, 0.2) is 5.78 Å². The van der Waals surface area contributed by atoms with Gasteiger partial charge in [-0.1, -0.05) is 48.5 Å². The van der Waals surface area contributed by atoms with Crippen molar-refractivity contribution in [2.24, 2.45) is 0 Å². The summed E-state index contributed by atoms with van der Waals surface area (Å²) in [5.74, 6) is 0.101. The summed E-state index contributed by atoms with van der Waals surface area (Å²) >= 11 is 4.47. The summed E-state index contributed by atoms with van der Waals surface area (Å²) in [6, 6.07) is 19.3. The normalized spacial score (nSPS) is 17.4. The van der Waals surface area contributed by atoms with Crippen LogP contribution in [0.3, 0.4) is 0 Å². The predicted molar refractivity (Wildman–Crippen MR) is 104 cm³/mol. The molecular formula is C22H12OS. The van der Waals surface area contributed by atoms with Crippen LogP contribution in [0.25, 0.3) is 49.2 Å². The minimum Gasteiger partial charge on any atom is -0.293 e. The van der Waals surface area contributed by atoms with Crippen molar-refractivity contribution in [2.75, 3.05) is 0 Å². The molecule has 0 N–H and O–H groups in total. The largest absolute Gasteiger partial charge is 0.293 e. The van der Waals surface area contributed by atoms with E-state index in [0.717, 1.165) is 21.6 Å². The van der Waals surface area contributed by atoms with Crippen LogP contribution in [0.2, 0.25) is 0 Å². The van der Waals surface area contributed by atoms with E-state index < -0.39 is 0 Å². The lowest BCUT2D eigenvalue weighted by atomic mass is 9.84. The number of rotatable bonds is 0. The zero-order valence-electron chi connectivity index (χ0n) is 12.7. The summed E-state index contributed by atoms with van der Waals surface area (Å²) in [6.45, 7) is 0. The first-order chi connectivity index (χ1) is 11.7. The lowest BCUT2D eigenvalue weighted by molar-refractivity contribution is 0.101. The van der Waals surface area contributed by atoms with Crippen LogP contribution < -0.4 is 5.22 Å². The maximum Gasteiger partial charge on any atom is 0.180 e. The highest BCUT2D eigenvalue weighted by Crippen LogP contribution is 2.41. The van der Waals surface area contributed by atoms with Gasteiger partial charge >= 0.3 is 0 Å². The van der Waals surface area contributed by atoms with E-state index in [0.29, 0.717) is 0 Å². The van der Waals surface area contributed by atoms with E-state index in [1.54, 1.807) is 0 Å². The van der Waals surface area contributed by atoms with Crippen molar-refractivity contribution >= 4 is 67.6 Å². The molecule has 5 aromatic carbocycles. The van der Waals surface area contributed by atoms with Crippen molar-refractivity contribution in [1.29, 1.82) is 0 Å². The maximum atomic E-state index is 12.7. The zero-order chi connectivity index (χ0) is 16.0. The Bertz CT molecular complexity index is 1380. The second kappa shape index (κ2) is 4.08. The molecule has 6 rings (SSSR count). The van der Waals surface area contributed by atoms with Crippen molar-refractivity contribution in [3.05, 3.63) is 65.4 Å². The van der Waals surface area contributed by atoms with Crippen molar-refractivity contribution in [2.45, 2.75) is 5.25 Å². The number of benzene rings is 5. The van der Waals surface area contributed by atoms with Gasteiger partial charge in [0.25, 0.3) is 0 Å². The number of ketones is 1. The summed E-state index contributed by atoms with van der Waals surface area (Å²) in [5.41, 5.74) is 0.809. The van der Waals surface area contributed by atoms with Gasteiger partial charge < -0.3 is 0 Å². The van der Waals surface area contributed by atoms with Gasteiger partial charge in [0.05, 0.1) is 5.25 Å². The third-order valence-corrected chi connectivity index (χ3v) is 5.77. The number of hydrogen-bond donors (Lipinski definition) is 1. The zero-order valence-corrected chi connectivity index (χ0v) is 13.6. The topological polar surface area (TPSA) is 17.1 Å². The van der Waals surface area contributed by atoms with Crippen LogP contribution in [0.4, 0.5) is 0 Å². The summed E-state index contributed by atoms with van der Waals surface area (Å²) in [7, 11) is 0. The van der Waals surface area contributed by atoms with Gasteiger partial charge in [0.2, 0.25) is 0 Å². The third-order valence-electron chi connectivity index (χ3n) is 5.38. The SMILES string of the molecule is O=C1c2cc3ccc4cccc5cc6ccc(c2c6c3c45)=CC1S. The van der Waals surface area contributed by atoms with Gasteiger partial charge in [-0.2, -0.15) is 12.6 Å². The molecule has 1 aliphatic carbocycles. The van der Waals surface area contributed by atoms with Crippen molar-refractivity contribution in [3.63, 3.8) is 0 Å². The molecule has 1 atom stereocenters. The number of Topliss-reactive ketones (excluding diaryl/α,β-unsaturated/α-hetero) is 1. The standard InChI is InChI=1S/C22H12OS/c23-22-16-9-14-5-4-11-2-1-3-12-8-13-6-7-15(10-17(22)24)19(16)21(13)20(14)18(11)12/h1-10,17,24H. The molecule has 24 heavy (non-hydrogen) atoms. The molecule has 0 aliphatic heterocycles. The van der Waals surface area contributed by atoms with E-state index in [1.165, 1.54) is 32.3 Å². The van der Waals surface area contributed by atoms with E-state index >= 15 is 0 Å². The molecule has 0 bridgehead atoms. The van der Waals surface area contributed by atoms with Crippen molar-refractivity contribution < 1.29 is 4.79 Å². The number of thiol groups is 1. The van der Waals surface area contributed by atoms with E-state index in [1.807, 2.05) is 6.08 Å². The Labute approximate surface area is 143 Å². The molecule has 2 heteroatoms. The molecule has 0 spiro atoms. The van der Waals surface area contributed by atoms with Gasteiger partial charge in [0.1, 0.15) is 0 Å². The average molecular weight is 324 g/mol. The Morgan fingerprint density at radius 2 is 1.38 bits per heavy atom. The molecule has 0 heterocycles. The maximum absolute atomic E-state index is 12.7. The molecule has 112 valence electrons. The number of carbonyl (C=O) groups is 1. The lowest BCUT2D eigenvalue weighted by Crippen LogP contribution is -2.23. The Balaban J connectivity index is 2.07. The quantitative estimate of drug-likeness (QED) is 0.247. The summed E-state index contributed by atoms with van der Waals surface area (Å²) < 4.78 is 0. The highest BCUT2D eigenvalue weighted by molar-refractivity contribution is 7.82. The van der Waals surface area contributed by atoms with E-state index in [4.69, 9.17) is 0 Å². The van der Waals surface area contributed by atoms with Gasteiger partial charge in [-0.05, 0) is 55.1 Å². The van der Waals surface area contributed by atoms with Crippen LogP contribution in [-0.4, -0.2) is 11.0 Å². The molecule has 1 aliphatic rings. The molecule has 0 radical (unpaired) electrons. The summed E-state index contributed by atoms with van der Waals surface area (Å²) in [4.78, 5) is 12.7. The van der Waals surface area contributed by atoms with Gasteiger partial charge in [-0.3, -0.25) is 4.79 Å². The molecule has 0 amide bonds. The van der Waals surface area contributed by atoms with E-state index in [9.17, 15) is 4.79 Å². The Morgan fingerprint density at radius 1 is 0.708 bits per heavy atom. The molecule has 0 fully saturated rings. The van der Waals surface area contributed by atoms with Gasteiger partial charge in [0, 0.05) is 10.9 Å². The second-order valence-electron chi connectivity index (χ2n) is 6.65. The van der Waals surface area contributed by atoms with Crippen molar-refractivity contribution in [1.82, 2.24) is 0 Å². The van der Waals surface area contributed by atoms with Crippen molar-refractivity contribution in [3.8, 4) is 0 Å². The molecule has 0 saturated heterocycles. The minimum absolute atomic E-state index is 0.101. The second-order valence-corrected chi connectivity index (χ2v) is 7.20. The Morgan fingerprint density at radius 3 is 2.29 bits per heavy atom. The monoisotopic (exact) mass is 324 g/mol. The Hall–Kier alpha value is -2.58. The number of hydrogen-bond acceptors (Lipinski definition) is 2. The number of carbonyl (C=O) groups excluding carboxylic acids is 1. The van der Waals surface area contributed by atoms with Crippen LogP contribution in [0.5, 0.6) is 0 Å². The van der Waals surface area contributed by atoms with Crippen LogP contribution >= 0.6 is 12.6 Å². The predicted octanol–water partition coefficient (Wildman–Crippen LogP) is 4.73. The highest BCUT2D eigenvalue weighted by Gasteiger charge is 2.24.